The van der Waals surface area contributed by atoms with Gasteiger partial charge in [-0.15, -0.1) is 0 Å². The molecule has 0 spiro atoms. The van der Waals surface area contributed by atoms with E-state index >= 15 is 0 Å². The van der Waals surface area contributed by atoms with Gasteiger partial charge in [-0.2, -0.15) is 0 Å². The molecule has 1 aromatic rings. The fourth-order valence-electron chi connectivity index (χ4n) is 4.07. The van der Waals surface area contributed by atoms with Gasteiger partial charge in [-0.25, -0.2) is 4.79 Å². The number of carbonyl (C=O) groups is 2. The summed E-state index contributed by atoms with van der Waals surface area (Å²) in [6.45, 7) is 4.88. The van der Waals surface area contributed by atoms with Crippen molar-refractivity contribution in [2.24, 2.45) is 23.0 Å². The van der Waals surface area contributed by atoms with Crippen LogP contribution in [0.25, 0.3) is 0 Å². The summed E-state index contributed by atoms with van der Waals surface area (Å²) in [4.78, 5) is 26.6. The van der Waals surface area contributed by atoms with Gasteiger partial charge in [0.2, 0.25) is 5.91 Å². The summed E-state index contributed by atoms with van der Waals surface area (Å²) in [7, 11) is 1.37. The van der Waals surface area contributed by atoms with Crippen LogP contribution in [0.1, 0.15) is 19.4 Å². The summed E-state index contributed by atoms with van der Waals surface area (Å²) in [6.07, 6.45) is 0.475. The summed E-state index contributed by atoms with van der Waals surface area (Å²) in [5.74, 6) is 0.0536. The van der Waals surface area contributed by atoms with Crippen LogP contribution < -0.4 is 5.73 Å². The number of carbonyl (C=O) groups excluding carboxylic acids is 2. The van der Waals surface area contributed by atoms with Crippen LogP contribution in [0.4, 0.5) is 0 Å². The number of rotatable bonds is 4. The van der Waals surface area contributed by atoms with Crippen LogP contribution in [0, 0.1) is 17.3 Å². The number of nitrogens with zero attached hydrogens (tertiary/aromatic N) is 1. The van der Waals surface area contributed by atoms with E-state index in [-0.39, 0.29) is 23.2 Å². The van der Waals surface area contributed by atoms with Gasteiger partial charge in [0.1, 0.15) is 6.04 Å². The molecule has 5 heteroatoms. The van der Waals surface area contributed by atoms with E-state index in [9.17, 15) is 9.59 Å². The van der Waals surface area contributed by atoms with Crippen molar-refractivity contribution in [2.75, 3.05) is 13.7 Å². The third-order valence-electron chi connectivity index (χ3n) is 5.55. The molecule has 1 heterocycles. The fraction of sp³-hybridized carbons (Fsp3) is 0.556. The highest BCUT2D eigenvalue weighted by atomic mass is 16.5. The van der Waals surface area contributed by atoms with Crippen molar-refractivity contribution in [3.8, 4) is 0 Å². The quantitative estimate of drug-likeness (QED) is 0.848. The maximum Gasteiger partial charge on any atom is 0.328 e. The van der Waals surface area contributed by atoms with E-state index in [1.807, 2.05) is 30.3 Å². The second-order valence-electron chi connectivity index (χ2n) is 7.21. The van der Waals surface area contributed by atoms with Crippen molar-refractivity contribution in [1.29, 1.82) is 0 Å². The number of nitrogens with two attached hydrogens (primary N) is 1. The maximum atomic E-state index is 12.8. The molecule has 124 valence electrons. The molecular weight excluding hydrogens is 292 g/mol. The van der Waals surface area contributed by atoms with Crippen LogP contribution in [0.3, 0.4) is 0 Å². The molecule has 3 rings (SSSR count). The molecule has 0 aromatic heterocycles. The third kappa shape index (κ3) is 2.63. The van der Waals surface area contributed by atoms with Crippen molar-refractivity contribution in [1.82, 2.24) is 4.90 Å². The zero-order valence-corrected chi connectivity index (χ0v) is 13.9. The largest absolute Gasteiger partial charge is 0.467 e. The van der Waals surface area contributed by atoms with E-state index in [1.54, 1.807) is 4.90 Å². The molecule has 2 fully saturated rings. The van der Waals surface area contributed by atoms with E-state index in [0.29, 0.717) is 18.9 Å². The molecular formula is C18H24N2O3. The lowest BCUT2D eigenvalue weighted by molar-refractivity contribution is -0.153. The number of methoxy groups -OCH3 is 1. The Morgan fingerprint density at radius 1 is 1.35 bits per heavy atom. The predicted molar refractivity (Wildman–Crippen MR) is 86.4 cm³/mol. The monoisotopic (exact) mass is 316 g/mol. The number of amides is 1. The Kier molecular flexibility index (Phi) is 3.92. The van der Waals surface area contributed by atoms with Crippen LogP contribution in [-0.4, -0.2) is 42.5 Å². The highest BCUT2D eigenvalue weighted by Gasteiger charge is 2.69. The van der Waals surface area contributed by atoms with Gasteiger partial charge in [0.05, 0.1) is 13.2 Å². The number of ether oxygens (including phenoxy) is 1. The minimum Gasteiger partial charge on any atom is -0.467 e. The van der Waals surface area contributed by atoms with Gasteiger partial charge < -0.3 is 15.4 Å². The molecule has 2 aliphatic rings. The first-order valence-electron chi connectivity index (χ1n) is 8.05. The topological polar surface area (TPSA) is 72.6 Å². The highest BCUT2D eigenvalue weighted by Crippen LogP contribution is 2.65. The number of hydrogen-bond donors (Lipinski definition) is 1. The number of benzene rings is 1. The number of hydrogen-bond acceptors (Lipinski definition) is 4. The molecule has 4 atom stereocenters. The van der Waals surface area contributed by atoms with E-state index in [4.69, 9.17) is 10.5 Å². The van der Waals surface area contributed by atoms with Crippen LogP contribution in [0.5, 0.6) is 0 Å². The zero-order chi connectivity index (χ0) is 16.8. The molecule has 5 nitrogen and oxygen atoms in total. The Hall–Kier alpha value is -1.88. The van der Waals surface area contributed by atoms with E-state index in [2.05, 4.69) is 13.8 Å². The van der Waals surface area contributed by atoms with Crippen molar-refractivity contribution < 1.29 is 14.3 Å². The first kappa shape index (κ1) is 16.0. The number of piperidine rings is 1. The van der Waals surface area contributed by atoms with E-state index in [0.717, 1.165) is 5.56 Å². The molecule has 1 aliphatic heterocycles. The molecule has 1 saturated carbocycles. The predicted octanol–water partition coefficient (Wildman–Crippen LogP) is 1.21. The van der Waals surface area contributed by atoms with E-state index < -0.39 is 12.1 Å². The summed E-state index contributed by atoms with van der Waals surface area (Å²) in [5.41, 5.74) is 7.23. The molecule has 23 heavy (non-hydrogen) atoms. The van der Waals surface area contributed by atoms with Gasteiger partial charge >= 0.3 is 5.97 Å². The smallest absolute Gasteiger partial charge is 0.328 e. The lowest BCUT2D eigenvalue weighted by Gasteiger charge is -2.31. The Balaban J connectivity index is 1.73. The standard InChI is InChI=1S/C18H24N2O3/c1-18(2)12-10-20(15(14(12)18)17(22)23-3)16(21)13(19)9-11-7-5-4-6-8-11/h4-8,12-15H,9-10,19H2,1-3H3/t12-,13-,14-,15-/m0/s1. The first-order valence-corrected chi connectivity index (χ1v) is 8.05. The van der Waals surface area contributed by atoms with Gasteiger partial charge in [0.15, 0.2) is 0 Å². The van der Waals surface area contributed by atoms with Gasteiger partial charge in [0.25, 0.3) is 0 Å². The average Bonchev–Trinajstić information content (AvgIpc) is 2.89. The molecule has 0 bridgehead atoms. The van der Waals surface area contributed by atoms with Gasteiger partial charge in [-0.1, -0.05) is 44.2 Å². The van der Waals surface area contributed by atoms with Gasteiger partial charge in [0, 0.05) is 12.5 Å². The van der Waals surface area contributed by atoms with E-state index in [1.165, 1.54) is 7.11 Å². The van der Waals surface area contributed by atoms with Crippen molar-refractivity contribution in [3.63, 3.8) is 0 Å². The number of likely N-dealkylation sites (tertiary alicyclic amines) is 1. The first-order chi connectivity index (χ1) is 10.9. The lowest BCUT2D eigenvalue weighted by Crippen LogP contribution is -2.52. The molecule has 0 radical (unpaired) electrons. The molecule has 1 amide bonds. The Morgan fingerprint density at radius 2 is 2.00 bits per heavy atom. The van der Waals surface area contributed by atoms with Crippen molar-refractivity contribution in [2.45, 2.75) is 32.4 Å². The normalized spacial score (nSPS) is 28.9. The summed E-state index contributed by atoms with van der Waals surface area (Å²) >= 11 is 0. The summed E-state index contributed by atoms with van der Waals surface area (Å²) in [6, 6.07) is 8.57. The minimum atomic E-state index is -0.634. The third-order valence-corrected chi connectivity index (χ3v) is 5.55. The summed E-state index contributed by atoms with van der Waals surface area (Å²) in [5, 5.41) is 0. The van der Waals surface area contributed by atoms with Gasteiger partial charge in [-0.05, 0) is 23.3 Å². The molecule has 1 aliphatic carbocycles. The maximum absolute atomic E-state index is 12.8. The van der Waals surface area contributed by atoms with Crippen LogP contribution in [0.2, 0.25) is 0 Å². The zero-order valence-electron chi connectivity index (χ0n) is 13.9. The van der Waals surface area contributed by atoms with Crippen molar-refractivity contribution in [3.05, 3.63) is 35.9 Å². The lowest BCUT2D eigenvalue weighted by atomic mass is 9.99. The van der Waals surface area contributed by atoms with Crippen LogP contribution >= 0.6 is 0 Å². The molecule has 2 N–H and O–H groups in total. The SMILES string of the molecule is COC(=O)[C@@H]1[C@@H]2[C@H](CN1C(=O)[C@@H](N)Cc1ccccc1)C2(C)C. The Labute approximate surface area is 136 Å². The van der Waals surface area contributed by atoms with Crippen LogP contribution in [0.15, 0.2) is 30.3 Å². The second kappa shape index (κ2) is 5.64. The van der Waals surface area contributed by atoms with Crippen molar-refractivity contribution >= 4 is 11.9 Å². The number of fused-ring (bicyclic) bond motifs is 1. The van der Waals surface area contributed by atoms with Gasteiger partial charge in [-0.3, -0.25) is 4.79 Å². The number of esters is 1. The molecule has 1 aromatic carbocycles. The molecule has 1 saturated heterocycles. The summed E-state index contributed by atoms with van der Waals surface area (Å²) < 4.78 is 4.93. The minimum absolute atomic E-state index is 0.0964. The Morgan fingerprint density at radius 3 is 2.61 bits per heavy atom. The van der Waals surface area contributed by atoms with Crippen LogP contribution in [-0.2, 0) is 20.7 Å². The highest BCUT2D eigenvalue weighted by molar-refractivity contribution is 5.89. The fourth-order valence-corrected chi connectivity index (χ4v) is 4.07. The average molecular weight is 316 g/mol. The second-order valence-corrected chi connectivity index (χ2v) is 7.21. The molecule has 0 unspecified atom stereocenters. The Bertz CT molecular complexity index is 614.